The molecule has 0 aliphatic heterocycles. The minimum atomic E-state index is -3.02. The number of aromatic nitrogens is 2. The van der Waals surface area contributed by atoms with Crippen LogP contribution in [-0.2, 0) is 11.0 Å². The molecule has 0 saturated heterocycles. The van der Waals surface area contributed by atoms with Gasteiger partial charge in [-0.15, -0.1) is 0 Å². The Kier molecular flexibility index (Phi) is 4.87. The first-order chi connectivity index (χ1) is 12.3. The molecule has 0 spiro atoms. The van der Waals surface area contributed by atoms with Gasteiger partial charge in [-0.2, -0.15) is 5.26 Å². The van der Waals surface area contributed by atoms with E-state index in [1.54, 1.807) is 0 Å². The SMILES string of the molecule is N#CC1(NS(=O)c2cc(F)c3ncc(C(=N)SC(=N)C(F)F)n3c2)CC1. The van der Waals surface area contributed by atoms with Crippen LogP contribution >= 0.6 is 11.8 Å². The van der Waals surface area contributed by atoms with E-state index in [1.807, 2.05) is 6.07 Å². The van der Waals surface area contributed by atoms with Crippen LogP contribution in [0.15, 0.2) is 23.4 Å². The normalized spacial score (nSPS) is 16.4. The first-order valence-electron chi connectivity index (χ1n) is 7.17. The van der Waals surface area contributed by atoms with Crippen LogP contribution in [0, 0.1) is 28.0 Å². The van der Waals surface area contributed by atoms with Gasteiger partial charge in [-0.1, -0.05) is 0 Å². The van der Waals surface area contributed by atoms with E-state index in [0.717, 1.165) is 16.7 Å². The second kappa shape index (κ2) is 6.82. The number of rotatable bonds is 5. The molecule has 26 heavy (non-hydrogen) atoms. The summed E-state index contributed by atoms with van der Waals surface area (Å²) in [6, 6.07) is 3.01. The predicted octanol–water partition coefficient (Wildman–Crippen LogP) is 2.44. The molecule has 136 valence electrons. The van der Waals surface area contributed by atoms with E-state index in [4.69, 9.17) is 16.1 Å². The minimum absolute atomic E-state index is 0.0116. The number of hydrogen-bond donors (Lipinski definition) is 3. The number of hydrogen-bond acceptors (Lipinski definition) is 6. The van der Waals surface area contributed by atoms with E-state index < -0.39 is 38.9 Å². The van der Waals surface area contributed by atoms with Gasteiger partial charge in [0.2, 0.25) is 0 Å². The molecule has 7 nitrogen and oxygen atoms in total. The van der Waals surface area contributed by atoms with Crippen molar-refractivity contribution in [3.05, 3.63) is 30.0 Å². The molecule has 12 heteroatoms. The number of alkyl halides is 2. The smallest absolute Gasteiger partial charge is 0.285 e. The van der Waals surface area contributed by atoms with Crippen molar-refractivity contribution in [3.8, 4) is 6.07 Å². The van der Waals surface area contributed by atoms with Gasteiger partial charge in [-0.05, 0) is 30.7 Å². The lowest BCUT2D eigenvalue weighted by molar-refractivity contribution is 0.228. The lowest BCUT2D eigenvalue weighted by Gasteiger charge is -2.10. The van der Waals surface area contributed by atoms with Crippen LogP contribution in [0.5, 0.6) is 0 Å². The minimum Gasteiger partial charge on any atom is -0.294 e. The molecule has 0 radical (unpaired) electrons. The summed E-state index contributed by atoms with van der Waals surface area (Å²) in [5.74, 6) is -0.813. The Morgan fingerprint density at radius 3 is 2.77 bits per heavy atom. The molecule has 0 bridgehead atoms. The maximum absolute atomic E-state index is 14.3. The van der Waals surface area contributed by atoms with Gasteiger partial charge in [0.1, 0.15) is 26.6 Å². The molecular formula is C14H11F3N6OS2. The Labute approximate surface area is 152 Å². The topological polar surface area (TPSA) is 118 Å². The Bertz CT molecular complexity index is 979. The number of thioether (sulfide) groups is 1. The number of pyridine rings is 1. The third kappa shape index (κ3) is 3.50. The first-order valence-corrected chi connectivity index (χ1v) is 9.14. The standard InChI is InChI=1S/C14H11F3N6OS2/c15-8-3-7(26(24)22-14(6-18)1-2-14)5-23-9(4-21-13(8)23)11(19)25-12(20)10(16)17/h3-5,10,19-20,22H,1-2H2. The van der Waals surface area contributed by atoms with E-state index in [0.29, 0.717) is 12.8 Å². The van der Waals surface area contributed by atoms with Gasteiger partial charge < -0.3 is 0 Å². The summed E-state index contributed by atoms with van der Waals surface area (Å²) in [6.45, 7) is 0. The molecule has 1 fully saturated rings. The maximum atomic E-state index is 14.3. The van der Waals surface area contributed by atoms with Gasteiger partial charge in [-0.3, -0.25) is 15.2 Å². The van der Waals surface area contributed by atoms with E-state index in [9.17, 15) is 17.4 Å². The number of fused-ring (bicyclic) bond motifs is 1. The third-order valence-electron chi connectivity index (χ3n) is 3.64. The van der Waals surface area contributed by atoms with Gasteiger partial charge in [0.05, 0.1) is 22.9 Å². The Balaban J connectivity index is 1.94. The fourth-order valence-electron chi connectivity index (χ4n) is 2.10. The zero-order valence-electron chi connectivity index (χ0n) is 12.9. The summed E-state index contributed by atoms with van der Waals surface area (Å²) in [6.07, 6.45) is 0.424. The summed E-state index contributed by atoms with van der Waals surface area (Å²) in [7, 11) is -1.88. The van der Waals surface area contributed by atoms with E-state index in [2.05, 4.69) is 9.71 Å². The maximum Gasteiger partial charge on any atom is 0.285 e. The van der Waals surface area contributed by atoms with Gasteiger partial charge in [-0.25, -0.2) is 27.1 Å². The highest BCUT2D eigenvalue weighted by Gasteiger charge is 2.44. The largest absolute Gasteiger partial charge is 0.294 e. The summed E-state index contributed by atoms with van der Waals surface area (Å²) in [5.41, 5.74) is -1.08. The molecule has 3 rings (SSSR count). The molecule has 0 amide bonds. The van der Waals surface area contributed by atoms with Crippen molar-refractivity contribution in [1.82, 2.24) is 14.1 Å². The van der Waals surface area contributed by atoms with Crippen LogP contribution in [0.2, 0.25) is 0 Å². The monoisotopic (exact) mass is 400 g/mol. The van der Waals surface area contributed by atoms with E-state index >= 15 is 0 Å². The summed E-state index contributed by atoms with van der Waals surface area (Å²) < 4.78 is 55.3. The average molecular weight is 400 g/mol. The quantitative estimate of drug-likeness (QED) is 0.528. The highest BCUT2D eigenvalue weighted by Crippen LogP contribution is 2.35. The fourth-order valence-corrected chi connectivity index (χ4v) is 3.80. The van der Waals surface area contributed by atoms with Crippen molar-refractivity contribution >= 4 is 38.5 Å². The van der Waals surface area contributed by atoms with Crippen LogP contribution < -0.4 is 4.72 Å². The molecule has 1 unspecified atom stereocenters. The van der Waals surface area contributed by atoms with Crippen LogP contribution in [0.25, 0.3) is 5.65 Å². The molecule has 1 aliphatic rings. The van der Waals surface area contributed by atoms with Gasteiger partial charge >= 0.3 is 0 Å². The Hall–Kier alpha value is -2.23. The zero-order valence-corrected chi connectivity index (χ0v) is 14.6. The third-order valence-corrected chi connectivity index (χ3v) is 5.68. The van der Waals surface area contributed by atoms with Crippen LogP contribution in [-0.4, -0.2) is 35.6 Å². The fraction of sp³-hybridized carbons (Fsp3) is 0.286. The lowest BCUT2D eigenvalue weighted by Crippen LogP contribution is -2.31. The predicted molar refractivity (Wildman–Crippen MR) is 90.4 cm³/mol. The number of imidazole rings is 1. The van der Waals surface area contributed by atoms with Crippen molar-refractivity contribution in [1.29, 1.82) is 16.1 Å². The Morgan fingerprint density at radius 2 is 2.19 bits per heavy atom. The second-order valence-electron chi connectivity index (χ2n) is 5.52. The molecule has 1 saturated carbocycles. The van der Waals surface area contributed by atoms with Crippen molar-refractivity contribution in [2.24, 2.45) is 0 Å². The molecule has 2 heterocycles. The van der Waals surface area contributed by atoms with Gasteiger partial charge in [0.15, 0.2) is 11.5 Å². The number of halogens is 3. The first kappa shape index (κ1) is 18.6. The molecule has 3 N–H and O–H groups in total. The van der Waals surface area contributed by atoms with E-state index in [1.165, 1.54) is 6.20 Å². The highest BCUT2D eigenvalue weighted by molar-refractivity contribution is 8.26. The van der Waals surface area contributed by atoms with Crippen molar-refractivity contribution in [2.75, 3.05) is 0 Å². The highest BCUT2D eigenvalue weighted by atomic mass is 32.2. The van der Waals surface area contributed by atoms with Crippen LogP contribution in [0.4, 0.5) is 13.2 Å². The van der Waals surface area contributed by atoms with Gasteiger partial charge in [0, 0.05) is 6.20 Å². The summed E-state index contributed by atoms with van der Waals surface area (Å²) in [4.78, 5) is 3.81. The van der Waals surface area contributed by atoms with Crippen LogP contribution in [0.3, 0.4) is 0 Å². The zero-order chi connectivity index (χ0) is 19.1. The molecule has 1 aliphatic carbocycles. The molecular weight excluding hydrogens is 389 g/mol. The number of nitrogens with zero attached hydrogens (tertiary/aromatic N) is 3. The van der Waals surface area contributed by atoms with Crippen molar-refractivity contribution in [2.45, 2.75) is 29.7 Å². The molecule has 2 aromatic rings. The summed E-state index contributed by atoms with van der Waals surface area (Å²) in [5, 5.41) is 22.6. The lowest BCUT2D eigenvalue weighted by atomic mass is 10.3. The number of nitrogens with one attached hydrogen (secondary N) is 3. The average Bonchev–Trinajstić information content (AvgIpc) is 3.22. The van der Waals surface area contributed by atoms with E-state index in [-0.39, 0.29) is 28.0 Å². The molecule has 2 aromatic heterocycles. The van der Waals surface area contributed by atoms with Crippen molar-refractivity contribution in [3.63, 3.8) is 0 Å². The summed E-state index contributed by atoms with van der Waals surface area (Å²) >= 11 is 0.223. The molecule has 0 aromatic carbocycles. The van der Waals surface area contributed by atoms with Crippen LogP contribution in [0.1, 0.15) is 18.5 Å². The Morgan fingerprint density at radius 1 is 1.50 bits per heavy atom. The van der Waals surface area contributed by atoms with Crippen molar-refractivity contribution < 1.29 is 17.4 Å². The molecule has 1 atom stereocenters. The number of nitriles is 1. The van der Waals surface area contributed by atoms with Gasteiger partial charge in [0.25, 0.3) is 6.43 Å². The second-order valence-corrected chi connectivity index (χ2v) is 7.79.